The maximum atomic E-state index is 6.70. The molecule has 4 nitrogen and oxygen atoms in total. The molecule has 0 atom stereocenters. The molecule has 0 N–H and O–H groups in total. The summed E-state index contributed by atoms with van der Waals surface area (Å²) >= 11 is 0. The summed E-state index contributed by atoms with van der Waals surface area (Å²) in [7, 11) is 0. The lowest BCUT2D eigenvalue weighted by Crippen LogP contribution is -1.96. The smallest absolute Gasteiger partial charge is 0.160 e. The first-order valence-corrected chi connectivity index (χ1v) is 20.9. The topological polar surface area (TPSA) is 52.1 Å². The van der Waals surface area contributed by atoms with Crippen LogP contribution in [0.3, 0.4) is 0 Å². The minimum atomic E-state index is 0.677. The molecule has 0 radical (unpaired) electrons. The van der Waals surface area contributed by atoms with Crippen LogP contribution in [0, 0.1) is 0 Å². The highest BCUT2D eigenvalue weighted by atomic mass is 16.3. The molecule has 0 aliphatic rings. The third kappa shape index (κ3) is 6.25. The van der Waals surface area contributed by atoms with Gasteiger partial charge in [0.05, 0.1) is 11.4 Å². The van der Waals surface area contributed by atoms with E-state index in [0.29, 0.717) is 5.82 Å². The zero-order valence-electron chi connectivity index (χ0n) is 33.5. The number of fused-ring (bicyclic) bond motifs is 6. The number of nitrogens with zero attached hydrogens (tertiary/aromatic N) is 2. The summed E-state index contributed by atoms with van der Waals surface area (Å²) in [6.45, 7) is 0. The van der Waals surface area contributed by atoms with Gasteiger partial charge in [-0.15, -0.1) is 0 Å². The molecule has 0 bridgehead atoms. The van der Waals surface area contributed by atoms with Gasteiger partial charge in [-0.25, -0.2) is 9.97 Å². The highest BCUT2D eigenvalue weighted by Crippen LogP contribution is 2.43. The van der Waals surface area contributed by atoms with Crippen LogP contribution in [0.5, 0.6) is 0 Å². The molecule has 0 aliphatic carbocycles. The molecule has 0 aliphatic heterocycles. The maximum absolute atomic E-state index is 6.70. The van der Waals surface area contributed by atoms with E-state index in [9.17, 15) is 0 Å². The fraction of sp³-hybridized carbons (Fsp3) is 0. The number of hydrogen-bond donors (Lipinski definition) is 0. The van der Waals surface area contributed by atoms with Gasteiger partial charge >= 0.3 is 0 Å². The Kier molecular flexibility index (Phi) is 8.46. The summed E-state index contributed by atoms with van der Waals surface area (Å²) < 4.78 is 13.0. The summed E-state index contributed by atoms with van der Waals surface area (Å²) in [6, 6.07) is 76.2. The Morgan fingerprint density at radius 3 is 1.45 bits per heavy atom. The molecule has 0 amide bonds. The largest absolute Gasteiger partial charge is 0.456 e. The van der Waals surface area contributed by atoms with Crippen LogP contribution in [0.15, 0.2) is 227 Å². The molecule has 4 heteroatoms. The average molecular weight is 793 g/mol. The minimum Gasteiger partial charge on any atom is -0.456 e. The molecule has 9 aromatic carbocycles. The summed E-state index contributed by atoms with van der Waals surface area (Å²) in [4.78, 5) is 10.4. The first kappa shape index (κ1) is 35.6. The van der Waals surface area contributed by atoms with Gasteiger partial charge < -0.3 is 8.83 Å². The van der Waals surface area contributed by atoms with E-state index in [1.807, 2.05) is 42.5 Å². The van der Waals surface area contributed by atoms with Crippen LogP contribution in [0.1, 0.15) is 0 Å². The van der Waals surface area contributed by atoms with Crippen molar-refractivity contribution in [2.45, 2.75) is 0 Å². The zero-order valence-corrected chi connectivity index (χ0v) is 33.5. The molecular weight excluding hydrogens is 757 g/mol. The second-order valence-corrected chi connectivity index (χ2v) is 15.7. The van der Waals surface area contributed by atoms with E-state index in [0.717, 1.165) is 116 Å². The Labute approximate surface area is 358 Å². The molecular formula is C58H36N2O2. The van der Waals surface area contributed by atoms with Gasteiger partial charge in [0.1, 0.15) is 22.3 Å². The Morgan fingerprint density at radius 1 is 0.274 bits per heavy atom. The van der Waals surface area contributed by atoms with E-state index < -0.39 is 0 Å². The Bertz CT molecular complexity index is 3550. The van der Waals surface area contributed by atoms with Gasteiger partial charge in [0.15, 0.2) is 5.82 Å². The predicted molar refractivity (Wildman–Crippen MR) is 255 cm³/mol. The van der Waals surface area contributed by atoms with Gasteiger partial charge in [-0.05, 0) is 93.5 Å². The average Bonchev–Trinajstić information content (AvgIpc) is 3.93. The molecule has 12 aromatic rings. The van der Waals surface area contributed by atoms with E-state index in [2.05, 4.69) is 176 Å². The molecule has 290 valence electrons. The molecule has 0 spiro atoms. The third-order valence-electron chi connectivity index (χ3n) is 11.9. The molecule has 62 heavy (non-hydrogen) atoms. The number of hydrogen-bond acceptors (Lipinski definition) is 4. The van der Waals surface area contributed by atoms with Crippen LogP contribution >= 0.6 is 0 Å². The zero-order chi connectivity index (χ0) is 41.0. The van der Waals surface area contributed by atoms with Gasteiger partial charge in [-0.2, -0.15) is 0 Å². The van der Waals surface area contributed by atoms with E-state index >= 15 is 0 Å². The van der Waals surface area contributed by atoms with Crippen LogP contribution in [0.2, 0.25) is 0 Å². The second kappa shape index (κ2) is 14.7. The van der Waals surface area contributed by atoms with Gasteiger partial charge in [0.25, 0.3) is 0 Å². The molecule has 0 saturated carbocycles. The van der Waals surface area contributed by atoms with Crippen molar-refractivity contribution < 1.29 is 8.83 Å². The van der Waals surface area contributed by atoms with Gasteiger partial charge in [-0.3, -0.25) is 0 Å². The van der Waals surface area contributed by atoms with Crippen LogP contribution in [-0.2, 0) is 0 Å². The van der Waals surface area contributed by atoms with Crippen molar-refractivity contribution in [3.05, 3.63) is 218 Å². The van der Waals surface area contributed by atoms with Crippen LogP contribution in [0.4, 0.5) is 0 Å². The highest BCUT2D eigenvalue weighted by Gasteiger charge is 2.19. The van der Waals surface area contributed by atoms with Crippen molar-refractivity contribution in [2.75, 3.05) is 0 Å². The predicted octanol–water partition coefficient (Wildman–Crippen LogP) is 15.9. The summed E-state index contributed by atoms with van der Waals surface area (Å²) in [5, 5.41) is 4.38. The Balaban J connectivity index is 0.978. The monoisotopic (exact) mass is 792 g/mol. The molecule has 3 aromatic heterocycles. The number of aromatic nitrogens is 2. The minimum absolute atomic E-state index is 0.677. The third-order valence-corrected chi connectivity index (χ3v) is 11.9. The van der Waals surface area contributed by atoms with E-state index in [1.54, 1.807) is 0 Å². The standard InChI is InChI=1S/C58H36N2O2/c1-4-14-37(15-5-1)43-32-44(38-16-6-2-7-17-38)34-45(33-43)52-36-51(59-58(60-52)41-18-8-3-9-19-41)40-26-24-39(25-27-40)46-30-31-47(57-56(46)50-21-11-13-23-54(50)62-57)42-28-29-49-48-20-10-12-22-53(48)61-55(49)35-42/h1-36H. The fourth-order valence-corrected chi connectivity index (χ4v) is 8.84. The van der Waals surface area contributed by atoms with Crippen LogP contribution in [0.25, 0.3) is 122 Å². The van der Waals surface area contributed by atoms with Crippen molar-refractivity contribution in [1.29, 1.82) is 0 Å². The van der Waals surface area contributed by atoms with Crippen LogP contribution < -0.4 is 0 Å². The SMILES string of the molecule is c1ccc(-c2cc(-c3ccccc3)cc(-c3cc(-c4ccc(-c5ccc(-c6ccc7c(c6)oc6ccccc67)c6oc7ccccc7c56)cc4)nc(-c4ccccc4)n3)c2)cc1. The van der Waals surface area contributed by atoms with Crippen molar-refractivity contribution in [3.8, 4) is 78.4 Å². The van der Waals surface area contributed by atoms with E-state index in [1.165, 1.54) is 0 Å². The maximum Gasteiger partial charge on any atom is 0.160 e. The van der Waals surface area contributed by atoms with Crippen LogP contribution in [-0.4, -0.2) is 9.97 Å². The lowest BCUT2D eigenvalue weighted by Gasteiger charge is -2.13. The second-order valence-electron chi connectivity index (χ2n) is 15.7. The number of rotatable bonds is 7. The van der Waals surface area contributed by atoms with E-state index in [4.69, 9.17) is 18.8 Å². The number of benzene rings is 9. The van der Waals surface area contributed by atoms with Crippen molar-refractivity contribution >= 4 is 43.9 Å². The van der Waals surface area contributed by atoms with Gasteiger partial charge in [0, 0.05) is 43.8 Å². The van der Waals surface area contributed by atoms with Gasteiger partial charge in [-0.1, -0.05) is 164 Å². The lowest BCUT2D eigenvalue weighted by molar-refractivity contribution is 0.668. The Hall–Kier alpha value is -8.34. The summed E-state index contributed by atoms with van der Waals surface area (Å²) in [6.07, 6.45) is 0. The van der Waals surface area contributed by atoms with E-state index in [-0.39, 0.29) is 0 Å². The summed E-state index contributed by atoms with van der Waals surface area (Å²) in [5.41, 5.74) is 17.0. The van der Waals surface area contributed by atoms with Crippen molar-refractivity contribution in [1.82, 2.24) is 9.97 Å². The van der Waals surface area contributed by atoms with Gasteiger partial charge in [0.2, 0.25) is 0 Å². The normalized spacial score (nSPS) is 11.5. The summed E-state index contributed by atoms with van der Waals surface area (Å²) in [5.74, 6) is 0.677. The highest BCUT2D eigenvalue weighted by molar-refractivity contribution is 6.17. The van der Waals surface area contributed by atoms with Crippen molar-refractivity contribution in [3.63, 3.8) is 0 Å². The first-order valence-electron chi connectivity index (χ1n) is 20.9. The Morgan fingerprint density at radius 2 is 0.774 bits per heavy atom. The quantitative estimate of drug-likeness (QED) is 0.161. The molecule has 0 fully saturated rings. The number of furan rings is 2. The van der Waals surface area contributed by atoms with Crippen molar-refractivity contribution in [2.24, 2.45) is 0 Å². The lowest BCUT2D eigenvalue weighted by atomic mass is 9.93. The molecule has 0 unspecified atom stereocenters. The fourth-order valence-electron chi connectivity index (χ4n) is 8.84. The first-order chi connectivity index (χ1) is 30.7. The molecule has 3 heterocycles. The molecule has 0 saturated heterocycles. The number of para-hydroxylation sites is 2. The molecule has 12 rings (SSSR count).